The van der Waals surface area contributed by atoms with Gasteiger partial charge in [0.05, 0.1) is 5.56 Å². The predicted octanol–water partition coefficient (Wildman–Crippen LogP) is 5.25. The molecule has 0 unspecified atom stereocenters. The van der Waals surface area contributed by atoms with Crippen LogP contribution >= 0.6 is 11.3 Å². The number of carbonyl (C=O) groups excluding carboxylic acids is 1. The average Bonchev–Trinajstić information content (AvgIpc) is 2.83. The fraction of sp³-hybridized carbons (Fsp3) is 0.455. The van der Waals surface area contributed by atoms with Gasteiger partial charge in [0, 0.05) is 4.88 Å². The Morgan fingerprint density at radius 1 is 1.26 bits per heavy atom. The van der Waals surface area contributed by atoms with Gasteiger partial charge in [-0.05, 0) is 62.3 Å². The van der Waals surface area contributed by atoms with Crippen molar-refractivity contribution in [3.8, 4) is 11.8 Å². The molecule has 1 aliphatic carbocycles. The Kier molecular flexibility index (Phi) is 6.52. The van der Waals surface area contributed by atoms with Crippen molar-refractivity contribution < 1.29 is 9.53 Å². The van der Waals surface area contributed by atoms with E-state index in [1.165, 1.54) is 16.9 Å². The number of aryl methyl sites for hydroxylation is 2. The molecule has 0 saturated carbocycles. The van der Waals surface area contributed by atoms with Gasteiger partial charge in [0.1, 0.15) is 16.8 Å². The molecule has 1 amide bonds. The minimum Gasteiger partial charge on any atom is -0.481 e. The zero-order chi connectivity index (χ0) is 19.2. The van der Waals surface area contributed by atoms with Crippen molar-refractivity contribution in [3.63, 3.8) is 0 Å². The first-order chi connectivity index (χ1) is 13.1. The lowest BCUT2D eigenvalue weighted by Crippen LogP contribution is -2.30. The summed E-state index contributed by atoms with van der Waals surface area (Å²) in [6.45, 7) is 3.89. The average molecular weight is 383 g/mol. The van der Waals surface area contributed by atoms with E-state index in [1.54, 1.807) is 18.3 Å². The maximum atomic E-state index is 12.6. The smallest absolute Gasteiger partial charge is 0.265 e. The highest BCUT2D eigenvalue weighted by Gasteiger charge is 2.23. The number of ether oxygens (including phenoxy) is 1. The third-order valence-electron chi connectivity index (χ3n) is 4.91. The van der Waals surface area contributed by atoms with E-state index in [-0.39, 0.29) is 5.91 Å². The zero-order valence-corrected chi connectivity index (χ0v) is 16.8. The van der Waals surface area contributed by atoms with Crippen LogP contribution in [0.2, 0.25) is 0 Å². The van der Waals surface area contributed by atoms with Crippen LogP contribution in [0.5, 0.6) is 5.75 Å². The third kappa shape index (κ3) is 4.70. The van der Waals surface area contributed by atoms with E-state index in [9.17, 15) is 10.1 Å². The number of fused-ring (bicyclic) bond motifs is 1. The largest absolute Gasteiger partial charge is 0.481 e. The van der Waals surface area contributed by atoms with Crippen molar-refractivity contribution in [1.82, 2.24) is 0 Å². The summed E-state index contributed by atoms with van der Waals surface area (Å²) in [6.07, 6.45) is 6.91. The Labute approximate surface area is 165 Å². The van der Waals surface area contributed by atoms with Gasteiger partial charge in [0.2, 0.25) is 0 Å². The number of amides is 1. The molecule has 4 nitrogen and oxygen atoms in total. The molecule has 1 aromatic carbocycles. The number of anilines is 1. The highest BCUT2D eigenvalue weighted by Crippen LogP contribution is 2.37. The quantitative estimate of drug-likeness (QED) is 0.694. The predicted molar refractivity (Wildman–Crippen MR) is 109 cm³/mol. The Morgan fingerprint density at radius 3 is 2.70 bits per heavy atom. The highest BCUT2D eigenvalue weighted by molar-refractivity contribution is 7.16. The van der Waals surface area contributed by atoms with E-state index in [4.69, 9.17) is 4.74 Å². The maximum absolute atomic E-state index is 12.6. The Bertz CT molecular complexity index is 833. The van der Waals surface area contributed by atoms with Crippen LogP contribution in [0.25, 0.3) is 0 Å². The standard InChI is InChI=1S/C22H26N2O2S/c1-3-7-16-10-12-17(13-11-16)26-15(2)21(25)24-22-19(14-23)18-8-5-4-6-9-20(18)27-22/h10-13,15H,3-9H2,1-2H3,(H,24,25)/t15-/m1/s1. The number of benzene rings is 1. The van der Waals surface area contributed by atoms with E-state index < -0.39 is 6.10 Å². The van der Waals surface area contributed by atoms with Gasteiger partial charge >= 0.3 is 0 Å². The first kappa shape index (κ1) is 19.4. The van der Waals surface area contributed by atoms with Crippen LogP contribution in [-0.4, -0.2) is 12.0 Å². The SMILES string of the molecule is CCCc1ccc(O[C@H](C)C(=O)Nc2sc3c(c2C#N)CCCCC3)cc1. The van der Waals surface area contributed by atoms with Crippen LogP contribution in [0.1, 0.15) is 61.1 Å². The van der Waals surface area contributed by atoms with Gasteiger partial charge in [-0.25, -0.2) is 0 Å². The summed E-state index contributed by atoms with van der Waals surface area (Å²) in [5, 5.41) is 13.2. The number of nitriles is 1. The second-order valence-electron chi connectivity index (χ2n) is 7.02. The van der Waals surface area contributed by atoms with E-state index in [1.807, 2.05) is 24.3 Å². The molecule has 0 radical (unpaired) electrons. The van der Waals surface area contributed by atoms with Gasteiger partial charge in [-0.3, -0.25) is 4.79 Å². The fourth-order valence-electron chi connectivity index (χ4n) is 3.44. The van der Waals surface area contributed by atoms with Gasteiger partial charge < -0.3 is 10.1 Å². The summed E-state index contributed by atoms with van der Waals surface area (Å²) in [6, 6.07) is 10.2. The van der Waals surface area contributed by atoms with Crippen LogP contribution in [0.3, 0.4) is 0 Å². The van der Waals surface area contributed by atoms with E-state index >= 15 is 0 Å². The monoisotopic (exact) mass is 382 g/mol. The molecule has 0 fully saturated rings. The second-order valence-corrected chi connectivity index (χ2v) is 8.13. The van der Waals surface area contributed by atoms with Crippen LogP contribution in [0.15, 0.2) is 24.3 Å². The van der Waals surface area contributed by atoms with Crippen molar-refractivity contribution in [2.75, 3.05) is 5.32 Å². The van der Waals surface area contributed by atoms with E-state index in [2.05, 4.69) is 18.3 Å². The molecule has 1 N–H and O–H groups in total. The second kappa shape index (κ2) is 9.05. The normalized spacial score (nSPS) is 14.6. The van der Waals surface area contributed by atoms with Crippen LogP contribution in [0.4, 0.5) is 5.00 Å². The van der Waals surface area contributed by atoms with Crippen molar-refractivity contribution >= 4 is 22.2 Å². The molecule has 1 aliphatic rings. The minimum atomic E-state index is -0.629. The minimum absolute atomic E-state index is 0.222. The number of rotatable bonds is 6. The summed E-state index contributed by atoms with van der Waals surface area (Å²) in [4.78, 5) is 13.8. The third-order valence-corrected chi connectivity index (χ3v) is 6.12. The molecule has 5 heteroatoms. The van der Waals surface area contributed by atoms with Crippen LogP contribution in [0, 0.1) is 11.3 Å². The molecule has 1 heterocycles. The number of hydrogen-bond donors (Lipinski definition) is 1. The van der Waals surface area contributed by atoms with Crippen molar-refractivity contribution in [3.05, 3.63) is 45.8 Å². The summed E-state index contributed by atoms with van der Waals surface area (Å²) in [5.41, 5.74) is 3.04. The van der Waals surface area contributed by atoms with Gasteiger partial charge in [-0.2, -0.15) is 5.26 Å². The molecule has 0 bridgehead atoms. The van der Waals surface area contributed by atoms with Crippen LogP contribution in [-0.2, 0) is 24.1 Å². The first-order valence-corrected chi connectivity index (χ1v) is 10.5. The Balaban J connectivity index is 1.67. The Morgan fingerprint density at radius 2 is 2.00 bits per heavy atom. The summed E-state index contributed by atoms with van der Waals surface area (Å²) >= 11 is 1.55. The number of thiophene rings is 1. The first-order valence-electron chi connectivity index (χ1n) is 9.73. The van der Waals surface area contributed by atoms with Gasteiger partial charge in [0.25, 0.3) is 5.91 Å². The van der Waals surface area contributed by atoms with E-state index in [0.29, 0.717) is 16.3 Å². The molecule has 2 aromatic rings. The lowest BCUT2D eigenvalue weighted by Gasteiger charge is -2.14. The molecule has 27 heavy (non-hydrogen) atoms. The molecular weight excluding hydrogens is 356 g/mol. The number of nitrogens with one attached hydrogen (secondary N) is 1. The molecular formula is C22H26N2O2S. The van der Waals surface area contributed by atoms with Crippen molar-refractivity contribution in [2.45, 2.75) is 64.9 Å². The molecule has 0 saturated heterocycles. The summed E-state index contributed by atoms with van der Waals surface area (Å²) < 4.78 is 5.79. The summed E-state index contributed by atoms with van der Waals surface area (Å²) in [7, 11) is 0. The van der Waals surface area contributed by atoms with Gasteiger partial charge in [-0.1, -0.05) is 31.9 Å². The number of nitrogens with zero attached hydrogens (tertiary/aromatic N) is 1. The lowest BCUT2D eigenvalue weighted by atomic mass is 10.1. The van der Waals surface area contributed by atoms with Gasteiger partial charge in [0.15, 0.2) is 6.10 Å². The molecule has 0 spiro atoms. The summed E-state index contributed by atoms with van der Waals surface area (Å²) in [5.74, 6) is 0.459. The molecule has 142 valence electrons. The maximum Gasteiger partial charge on any atom is 0.265 e. The van der Waals surface area contributed by atoms with E-state index in [0.717, 1.165) is 44.1 Å². The van der Waals surface area contributed by atoms with Crippen LogP contribution < -0.4 is 10.1 Å². The molecule has 0 aliphatic heterocycles. The molecule has 1 atom stereocenters. The molecule has 3 rings (SSSR count). The number of carbonyl (C=O) groups is 1. The lowest BCUT2D eigenvalue weighted by molar-refractivity contribution is -0.122. The highest BCUT2D eigenvalue weighted by atomic mass is 32.1. The molecule has 1 aromatic heterocycles. The van der Waals surface area contributed by atoms with Crippen molar-refractivity contribution in [2.24, 2.45) is 0 Å². The zero-order valence-electron chi connectivity index (χ0n) is 16.0. The Hall–Kier alpha value is -2.32. The number of hydrogen-bond acceptors (Lipinski definition) is 4. The fourth-order valence-corrected chi connectivity index (χ4v) is 4.69. The van der Waals surface area contributed by atoms with Crippen molar-refractivity contribution in [1.29, 1.82) is 5.26 Å². The topological polar surface area (TPSA) is 62.1 Å². The van der Waals surface area contributed by atoms with Gasteiger partial charge in [-0.15, -0.1) is 11.3 Å².